The van der Waals surface area contributed by atoms with Crippen molar-refractivity contribution < 1.29 is 9.53 Å². The number of hydrogen-bond acceptors (Lipinski definition) is 3. The van der Waals surface area contributed by atoms with E-state index in [2.05, 4.69) is 11.9 Å². The van der Waals surface area contributed by atoms with Crippen LogP contribution in [0.2, 0.25) is 0 Å². The summed E-state index contributed by atoms with van der Waals surface area (Å²) in [5.74, 6) is -0.0852. The van der Waals surface area contributed by atoms with Gasteiger partial charge in [-0.25, -0.2) is 4.79 Å². The molecule has 2 rings (SSSR count). The van der Waals surface area contributed by atoms with Gasteiger partial charge in [0.15, 0.2) is 6.23 Å². The highest BCUT2D eigenvalue weighted by molar-refractivity contribution is 5.83. The molecule has 0 bridgehead atoms. The van der Waals surface area contributed by atoms with Crippen LogP contribution in [0.25, 0.3) is 0 Å². The third-order valence-electron chi connectivity index (χ3n) is 2.93. The molecule has 2 fully saturated rings. The predicted octanol–water partition coefficient (Wildman–Crippen LogP) is 1.35. The molecule has 72 valence electrons. The van der Waals surface area contributed by atoms with Crippen molar-refractivity contribution in [1.82, 2.24) is 5.32 Å². The van der Waals surface area contributed by atoms with Gasteiger partial charge in [-0.3, -0.25) is 5.32 Å². The van der Waals surface area contributed by atoms with Gasteiger partial charge in [-0.15, -0.1) is 0 Å². The molecule has 1 saturated heterocycles. The second-order valence-electron chi connectivity index (χ2n) is 4.07. The summed E-state index contributed by atoms with van der Waals surface area (Å²) >= 11 is 0. The van der Waals surface area contributed by atoms with Crippen molar-refractivity contribution in [3.8, 4) is 0 Å². The molecule has 0 aromatic heterocycles. The van der Waals surface area contributed by atoms with Gasteiger partial charge in [0.05, 0.1) is 0 Å². The molecule has 3 nitrogen and oxygen atoms in total. The molecule has 1 saturated carbocycles. The van der Waals surface area contributed by atoms with Crippen LogP contribution in [-0.4, -0.2) is 17.7 Å². The zero-order chi connectivity index (χ0) is 9.47. The molecule has 3 heteroatoms. The fourth-order valence-electron chi connectivity index (χ4n) is 2.11. The third-order valence-corrected chi connectivity index (χ3v) is 2.93. The first kappa shape index (κ1) is 8.75. The molecule has 1 unspecified atom stereocenters. The number of ether oxygens (including phenoxy) is 1. The molecule has 1 heterocycles. The van der Waals surface area contributed by atoms with E-state index in [0.29, 0.717) is 0 Å². The maximum atomic E-state index is 11.6. The van der Waals surface area contributed by atoms with Crippen LogP contribution >= 0.6 is 0 Å². The van der Waals surface area contributed by atoms with Gasteiger partial charge >= 0.3 is 5.97 Å². The van der Waals surface area contributed by atoms with Gasteiger partial charge in [0.2, 0.25) is 0 Å². The van der Waals surface area contributed by atoms with E-state index < -0.39 is 0 Å². The molecule has 2 aliphatic rings. The molecule has 0 amide bonds. The minimum Gasteiger partial charge on any atom is -0.441 e. The molecule has 1 aliphatic carbocycles. The van der Waals surface area contributed by atoms with Gasteiger partial charge in [0, 0.05) is 0 Å². The number of rotatable bonds is 1. The van der Waals surface area contributed by atoms with E-state index in [-0.39, 0.29) is 17.7 Å². The topological polar surface area (TPSA) is 38.3 Å². The first-order valence-electron chi connectivity index (χ1n) is 4.78. The highest BCUT2D eigenvalue weighted by Gasteiger charge is 2.50. The van der Waals surface area contributed by atoms with Crippen molar-refractivity contribution in [1.29, 1.82) is 0 Å². The first-order valence-corrected chi connectivity index (χ1v) is 4.78. The SMILES string of the molecule is C=C(C)C1NC2(CCCC2)C(=O)O1. The fourth-order valence-corrected chi connectivity index (χ4v) is 2.11. The smallest absolute Gasteiger partial charge is 0.328 e. The lowest BCUT2D eigenvalue weighted by molar-refractivity contribution is -0.144. The van der Waals surface area contributed by atoms with Gasteiger partial charge in [0.1, 0.15) is 5.54 Å². The Hall–Kier alpha value is -0.830. The standard InChI is InChI=1S/C10H15NO2/c1-7(2)8-11-10(9(12)13-8)5-3-4-6-10/h8,11H,1,3-6H2,2H3. The molecule has 13 heavy (non-hydrogen) atoms. The summed E-state index contributed by atoms with van der Waals surface area (Å²) in [6.07, 6.45) is 3.80. The second-order valence-corrected chi connectivity index (χ2v) is 4.07. The Balaban J connectivity index is 2.15. The summed E-state index contributed by atoms with van der Waals surface area (Å²) in [6, 6.07) is 0. The van der Waals surface area contributed by atoms with Crippen LogP contribution in [-0.2, 0) is 9.53 Å². The van der Waals surface area contributed by atoms with Crippen LogP contribution in [0.3, 0.4) is 0 Å². The summed E-state index contributed by atoms with van der Waals surface area (Å²) in [6.45, 7) is 5.66. The number of hydrogen-bond donors (Lipinski definition) is 1. The maximum absolute atomic E-state index is 11.6. The van der Waals surface area contributed by atoms with Crippen LogP contribution in [0.15, 0.2) is 12.2 Å². The Morgan fingerprint density at radius 2 is 2.23 bits per heavy atom. The minimum atomic E-state index is -0.371. The average Bonchev–Trinajstić information content (AvgIpc) is 2.63. The van der Waals surface area contributed by atoms with E-state index >= 15 is 0 Å². The summed E-state index contributed by atoms with van der Waals surface area (Å²) in [5.41, 5.74) is 0.501. The predicted molar refractivity (Wildman–Crippen MR) is 49.0 cm³/mol. The van der Waals surface area contributed by atoms with Gasteiger partial charge in [-0.1, -0.05) is 19.4 Å². The highest BCUT2D eigenvalue weighted by Crippen LogP contribution is 2.35. The average molecular weight is 181 g/mol. The number of nitrogens with one attached hydrogen (secondary N) is 1. The number of carbonyl (C=O) groups is 1. The van der Waals surface area contributed by atoms with E-state index in [1.807, 2.05) is 6.92 Å². The van der Waals surface area contributed by atoms with Crippen LogP contribution in [0.5, 0.6) is 0 Å². The van der Waals surface area contributed by atoms with Gasteiger partial charge < -0.3 is 4.74 Å². The normalized spacial score (nSPS) is 30.8. The van der Waals surface area contributed by atoms with Gasteiger partial charge in [-0.2, -0.15) is 0 Å². The monoisotopic (exact) mass is 181 g/mol. The van der Waals surface area contributed by atoms with E-state index in [4.69, 9.17) is 4.74 Å². The quantitative estimate of drug-likeness (QED) is 0.490. The molecular formula is C10H15NO2. The molecule has 1 spiro atoms. The second kappa shape index (κ2) is 2.84. The van der Waals surface area contributed by atoms with Crippen molar-refractivity contribution in [2.45, 2.75) is 44.4 Å². The zero-order valence-corrected chi connectivity index (χ0v) is 7.93. The van der Waals surface area contributed by atoms with Crippen molar-refractivity contribution >= 4 is 5.97 Å². The summed E-state index contributed by atoms with van der Waals surface area (Å²) in [5, 5.41) is 3.24. The zero-order valence-electron chi connectivity index (χ0n) is 7.93. The summed E-state index contributed by atoms with van der Waals surface area (Å²) in [4.78, 5) is 11.6. The Morgan fingerprint density at radius 1 is 1.62 bits per heavy atom. The van der Waals surface area contributed by atoms with Crippen molar-refractivity contribution in [2.24, 2.45) is 0 Å². The lowest BCUT2D eigenvalue weighted by atomic mass is 9.99. The van der Waals surface area contributed by atoms with Crippen LogP contribution in [0.1, 0.15) is 32.6 Å². The summed E-state index contributed by atoms with van der Waals surface area (Å²) < 4.78 is 5.21. The lowest BCUT2D eigenvalue weighted by Gasteiger charge is -2.18. The Morgan fingerprint density at radius 3 is 2.69 bits per heavy atom. The maximum Gasteiger partial charge on any atom is 0.328 e. The molecule has 0 aromatic rings. The minimum absolute atomic E-state index is 0.0852. The van der Waals surface area contributed by atoms with Crippen molar-refractivity contribution in [3.63, 3.8) is 0 Å². The largest absolute Gasteiger partial charge is 0.441 e. The van der Waals surface area contributed by atoms with Crippen LogP contribution in [0.4, 0.5) is 0 Å². The van der Waals surface area contributed by atoms with E-state index in [0.717, 1.165) is 31.3 Å². The fraction of sp³-hybridized carbons (Fsp3) is 0.700. The molecule has 0 aromatic carbocycles. The number of carbonyl (C=O) groups excluding carboxylic acids is 1. The molecule has 1 aliphatic heterocycles. The number of cyclic esters (lactones) is 1. The Kier molecular flexibility index (Phi) is 1.91. The Bertz CT molecular complexity index is 254. The third kappa shape index (κ3) is 1.27. The van der Waals surface area contributed by atoms with Crippen LogP contribution < -0.4 is 5.32 Å². The highest BCUT2D eigenvalue weighted by atomic mass is 16.6. The lowest BCUT2D eigenvalue weighted by Crippen LogP contribution is -2.44. The number of esters is 1. The molecule has 0 radical (unpaired) electrons. The van der Waals surface area contributed by atoms with Crippen molar-refractivity contribution in [2.75, 3.05) is 0 Å². The van der Waals surface area contributed by atoms with Crippen molar-refractivity contribution in [3.05, 3.63) is 12.2 Å². The van der Waals surface area contributed by atoms with Crippen LogP contribution in [0, 0.1) is 0 Å². The molecular weight excluding hydrogens is 166 g/mol. The van der Waals surface area contributed by atoms with E-state index in [1.54, 1.807) is 0 Å². The molecule has 1 atom stereocenters. The van der Waals surface area contributed by atoms with E-state index in [1.165, 1.54) is 0 Å². The van der Waals surface area contributed by atoms with Gasteiger partial charge in [0.25, 0.3) is 0 Å². The van der Waals surface area contributed by atoms with Gasteiger partial charge in [-0.05, 0) is 25.3 Å². The molecule has 1 N–H and O–H groups in total. The first-order chi connectivity index (χ1) is 6.14. The Labute approximate surface area is 78.1 Å². The van der Waals surface area contributed by atoms with E-state index in [9.17, 15) is 4.79 Å². The summed E-state index contributed by atoms with van der Waals surface area (Å²) in [7, 11) is 0.